The summed E-state index contributed by atoms with van der Waals surface area (Å²) in [6.45, 7) is 6.15. The molecule has 4 heteroatoms. The average Bonchev–Trinajstić information content (AvgIpc) is 2.30. The lowest BCUT2D eigenvalue weighted by molar-refractivity contribution is 0.108. The molecule has 0 atom stereocenters. The van der Waals surface area contributed by atoms with Gasteiger partial charge in [0.2, 0.25) is 0 Å². The molecule has 1 heterocycles. The lowest BCUT2D eigenvalue weighted by atomic mass is 9.98. The van der Waals surface area contributed by atoms with Crippen LogP contribution in [-0.2, 0) is 5.41 Å². The molecule has 0 aliphatic heterocycles. The van der Waals surface area contributed by atoms with Crippen molar-refractivity contribution in [3.8, 4) is 0 Å². The van der Waals surface area contributed by atoms with Crippen molar-refractivity contribution in [1.82, 2.24) is 4.98 Å². The van der Waals surface area contributed by atoms with E-state index in [2.05, 4.69) is 4.98 Å². The summed E-state index contributed by atoms with van der Waals surface area (Å²) in [5, 5.41) is 0.509. The molecule has 0 aromatic carbocycles. The smallest absolute Gasteiger partial charge is 0.264 e. The molecule has 0 radical (unpaired) electrons. The van der Waals surface area contributed by atoms with Crippen molar-refractivity contribution in [1.29, 1.82) is 0 Å². The summed E-state index contributed by atoms with van der Waals surface area (Å²) < 4.78 is 0. The molecule has 12 heavy (non-hydrogen) atoms. The van der Waals surface area contributed by atoms with Crippen molar-refractivity contribution in [3.05, 3.63) is 16.1 Å². The number of hydrogen-bond donors (Lipinski definition) is 0. The first-order valence-corrected chi connectivity index (χ1v) is 4.77. The molecule has 66 valence electrons. The third-order valence-corrected chi connectivity index (χ3v) is 3.08. The summed E-state index contributed by atoms with van der Waals surface area (Å²) in [5.74, 6) is 0. The van der Waals surface area contributed by atoms with E-state index in [1.165, 1.54) is 17.5 Å². The predicted octanol–water partition coefficient (Wildman–Crippen LogP) is 2.82. The molecule has 0 fully saturated rings. The summed E-state index contributed by atoms with van der Waals surface area (Å²) in [7, 11) is 0. The van der Waals surface area contributed by atoms with Crippen LogP contribution < -0.4 is 0 Å². The van der Waals surface area contributed by atoms with E-state index >= 15 is 0 Å². The number of nitrogens with zero attached hydrogens (tertiary/aromatic N) is 1. The second-order valence-corrected chi connectivity index (χ2v) is 4.93. The van der Waals surface area contributed by atoms with Gasteiger partial charge in [-0.1, -0.05) is 20.8 Å². The highest BCUT2D eigenvalue weighted by Gasteiger charge is 2.19. The molecule has 1 aromatic rings. The number of carbonyl (C=O) groups is 1. The minimum Gasteiger partial charge on any atom is -0.275 e. The van der Waals surface area contributed by atoms with Gasteiger partial charge in [-0.05, 0) is 11.6 Å². The van der Waals surface area contributed by atoms with Crippen molar-refractivity contribution in [2.24, 2.45) is 0 Å². The van der Waals surface area contributed by atoms with Crippen LogP contribution in [0.25, 0.3) is 0 Å². The molecule has 0 unspecified atom stereocenters. The Morgan fingerprint density at radius 2 is 2.17 bits per heavy atom. The fourth-order valence-electron chi connectivity index (χ4n) is 0.712. The molecule has 0 spiro atoms. The van der Waals surface area contributed by atoms with E-state index in [-0.39, 0.29) is 5.41 Å². The average molecular weight is 204 g/mol. The van der Waals surface area contributed by atoms with Crippen molar-refractivity contribution < 1.29 is 4.79 Å². The fraction of sp³-hybridized carbons (Fsp3) is 0.500. The zero-order chi connectivity index (χ0) is 9.35. The number of carbonyl (C=O) groups excluding carboxylic acids is 1. The van der Waals surface area contributed by atoms with Crippen molar-refractivity contribution >= 4 is 28.2 Å². The van der Waals surface area contributed by atoms with E-state index in [1.54, 1.807) is 0 Å². The Balaban J connectivity index is 3.00. The summed E-state index contributed by atoms with van der Waals surface area (Å²) in [4.78, 5) is 15.4. The summed E-state index contributed by atoms with van der Waals surface area (Å²) in [6.07, 6.45) is 1.53. The Labute approximate surface area is 80.6 Å². The molecule has 0 aliphatic rings. The first kappa shape index (κ1) is 9.68. The first-order valence-electron chi connectivity index (χ1n) is 3.57. The van der Waals surface area contributed by atoms with Gasteiger partial charge in [0.05, 0.1) is 11.2 Å². The minimum atomic E-state index is -0.428. The van der Waals surface area contributed by atoms with Crippen LogP contribution in [0.4, 0.5) is 0 Å². The SMILES string of the molecule is CC(C)(C)c1ncc(C(=O)Cl)s1. The first-order chi connectivity index (χ1) is 5.41. The predicted molar refractivity (Wildman–Crippen MR) is 51.0 cm³/mol. The number of thiazole rings is 1. The monoisotopic (exact) mass is 203 g/mol. The van der Waals surface area contributed by atoms with E-state index in [9.17, 15) is 4.79 Å². The van der Waals surface area contributed by atoms with Crippen LogP contribution in [0, 0.1) is 0 Å². The van der Waals surface area contributed by atoms with Gasteiger partial charge in [-0.15, -0.1) is 11.3 Å². The maximum atomic E-state index is 10.7. The summed E-state index contributed by atoms with van der Waals surface area (Å²) >= 11 is 6.65. The largest absolute Gasteiger partial charge is 0.275 e. The summed E-state index contributed by atoms with van der Waals surface area (Å²) in [6, 6.07) is 0. The second-order valence-electron chi connectivity index (χ2n) is 3.55. The maximum Gasteiger partial charge on any atom is 0.264 e. The number of aromatic nitrogens is 1. The quantitative estimate of drug-likeness (QED) is 0.657. The molecule has 0 bridgehead atoms. The Morgan fingerprint density at radius 1 is 1.58 bits per heavy atom. The van der Waals surface area contributed by atoms with Crippen LogP contribution in [-0.4, -0.2) is 10.2 Å². The van der Waals surface area contributed by atoms with E-state index in [1.807, 2.05) is 20.8 Å². The van der Waals surface area contributed by atoms with Crippen LogP contribution in [0.5, 0.6) is 0 Å². The van der Waals surface area contributed by atoms with Gasteiger partial charge in [0, 0.05) is 5.41 Å². The van der Waals surface area contributed by atoms with Gasteiger partial charge < -0.3 is 0 Å². The number of rotatable bonds is 1. The lowest BCUT2D eigenvalue weighted by Gasteiger charge is -2.13. The minimum absolute atomic E-state index is 0.00471. The highest BCUT2D eigenvalue weighted by molar-refractivity contribution is 7.15. The van der Waals surface area contributed by atoms with Crippen LogP contribution in [0.1, 0.15) is 35.5 Å². The third-order valence-electron chi connectivity index (χ3n) is 1.34. The van der Waals surface area contributed by atoms with Crippen molar-refractivity contribution in [2.45, 2.75) is 26.2 Å². The van der Waals surface area contributed by atoms with E-state index in [4.69, 9.17) is 11.6 Å². The topological polar surface area (TPSA) is 30.0 Å². The number of hydrogen-bond acceptors (Lipinski definition) is 3. The molecule has 0 N–H and O–H groups in total. The van der Waals surface area contributed by atoms with E-state index in [0.29, 0.717) is 4.88 Å². The third kappa shape index (κ3) is 2.05. The van der Waals surface area contributed by atoms with Gasteiger partial charge in [-0.25, -0.2) is 4.98 Å². The van der Waals surface area contributed by atoms with Gasteiger partial charge >= 0.3 is 0 Å². The fourth-order valence-corrected chi connectivity index (χ4v) is 1.68. The van der Waals surface area contributed by atoms with Gasteiger partial charge in [-0.3, -0.25) is 4.79 Å². The molecule has 2 nitrogen and oxygen atoms in total. The zero-order valence-electron chi connectivity index (χ0n) is 7.22. The van der Waals surface area contributed by atoms with E-state index in [0.717, 1.165) is 5.01 Å². The lowest BCUT2D eigenvalue weighted by Crippen LogP contribution is -2.09. The Hall–Kier alpha value is -0.410. The molecule has 0 saturated heterocycles. The molecule has 1 aromatic heterocycles. The Morgan fingerprint density at radius 3 is 2.42 bits per heavy atom. The van der Waals surface area contributed by atoms with E-state index < -0.39 is 5.24 Å². The summed E-state index contributed by atoms with van der Waals surface area (Å²) in [5.41, 5.74) is -0.00471. The van der Waals surface area contributed by atoms with Crippen LogP contribution in [0.2, 0.25) is 0 Å². The van der Waals surface area contributed by atoms with Crippen LogP contribution in [0.3, 0.4) is 0 Å². The highest BCUT2D eigenvalue weighted by atomic mass is 35.5. The maximum absolute atomic E-state index is 10.7. The van der Waals surface area contributed by atoms with Crippen LogP contribution in [0.15, 0.2) is 6.20 Å². The molecule has 0 amide bonds. The van der Waals surface area contributed by atoms with Crippen molar-refractivity contribution in [2.75, 3.05) is 0 Å². The normalized spacial score (nSPS) is 11.7. The molecular weight excluding hydrogens is 194 g/mol. The standard InChI is InChI=1S/C8H10ClNOS/c1-8(2,3)7-10-4-5(12-7)6(9)11/h4H,1-3H3. The molecule has 0 aliphatic carbocycles. The number of halogens is 1. The van der Waals surface area contributed by atoms with Gasteiger partial charge in [0.1, 0.15) is 4.88 Å². The molecule has 0 saturated carbocycles. The Bertz CT molecular complexity index is 300. The highest BCUT2D eigenvalue weighted by Crippen LogP contribution is 2.27. The van der Waals surface area contributed by atoms with Gasteiger partial charge in [0.25, 0.3) is 5.24 Å². The van der Waals surface area contributed by atoms with Gasteiger partial charge in [0.15, 0.2) is 0 Å². The zero-order valence-corrected chi connectivity index (χ0v) is 8.79. The molecular formula is C8H10ClNOS. The van der Waals surface area contributed by atoms with Gasteiger partial charge in [-0.2, -0.15) is 0 Å². The molecule has 1 rings (SSSR count). The van der Waals surface area contributed by atoms with Crippen LogP contribution >= 0.6 is 22.9 Å². The van der Waals surface area contributed by atoms with Crippen molar-refractivity contribution in [3.63, 3.8) is 0 Å². The second kappa shape index (κ2) is 3.15. The Kier molecular flexibility index (Phi) is 2.54.